The molecule has 0 saturated heterocycles. The fraction of sp³-hybridized carbons (Fsp3) is 0.333. The predicted octanol–water partition coefficient (Wildman–Crippen LogP) is 6.95. The SMILES string of the molecule is CCC1=Cc2ccccc2C1[Si](C)(C)C1C(CC)=Cc2ccccc21. The molecule has 2 unspecified atom stereocenters. The van der Waals surface area contributed by atoms with Crippen molar-refractivity contribution in [1.29, 1.82) is 0 Å². The molecule has 0 spiro atoms. The van der Waals surface area contributed by atoms with Gasteiger partial charge in [0.25, 0.3) is 0 Å². The van der Waals surface area contributed by atoms with Gasteiger partial charge in [-0.05, 0) is 35.1 Å². The van der Waals surface area contributed by atoms with Gasteiger partial charge in [0.15, 0.2) is 0 Å². The van der Waals surface area contributed by atoms with Crippen LogP contribution in [0.2, 0.25) is 13.1 Å². The Morgan fingerprint density at radius 3 is 1.48 bits per heavy atom. The zero-order valence-corrected chi connectivity index (χ0v) is 16.8. The molecule has 1 heteroatoms. The third-order valence-electron chi connectivity index (χ3n) is 6.34. The van der Waals surface area contributed by atoms with Crippen molar-refractivity contribution in [1.82, 2.24) is 0 Å². The smallest absolute Gasteiger partial charge is 0.0679 e. The fourth-order valence-corrected chi connectivity index (χ4v) is 10.3. The van der Waals surface area contributed by atoms with Crippen molar-refractivity contribution >= 4 is 20.2 Å². The van der Waals surface area contributed by atoms with E-state index < -0.39 is 8.07 Å². The largest absolute Gasteiger partial charge is 0.0722 e. The summed E-state index contributed by atoms with van der Waals surface area (Å²) in [6.45, 7) is 9.90. The molecule has 128 valence electrons. The van der Waals surface area contributed by atoms with Gasteiger partial charge in [-0.3, -0.25) is 0 Å². The Bertz CT molecular complexity index is 798. The van der Waals surface area contributed by atoms with Gasteiger partial charge in [0.1, 0.15) is 0 Å². The van der Waals surface area contributed by atoms with Gasteiger partial charge in [0.05, 0.1) is 8.07 Å². The number of hydrogen-bond acceptors (Lipinski definition) is 0. The average molecular weight is 345 g/mol. The normalized spacial score (nSPS) is 21.6. The maximum absolute atomic E-state index is 2.62. The Labute approximate surface area is 153 Å². The first-order valence-corrected chi connectivity index (χ1v) is 12.8. The van der Waals surface area contributed by atoms with Crippen molar-refractivity contribution < 1.29 is 0 Å². The van der Waals surface area contributed by atoms with Gasteiger partial charge < -0.3 is 0 Å². The molecule has 0 saturated carbocycles. The van der Waals surface area contributed by atoms with E-state index in [9.17, 15) is 0 Å². The predicted molar refractivity (Wildman–Crippen MR) is 112 cm³/mol. The second-order valence-corrected chi connectivity index (χ2v) is 12.9. The zero-order chi connectivity index (χ0) is 17.6. The van der Waals surface area contributed by atoms with Crippen LogP contribution in [-0.2, 0) is 0 Å². The molecule has 0 radical (unpaired) electrons. The highest BCUT2D eigenvalue weighted by Crippen LogP contribution is 2.53. The molecule has 0 bridgehead atoms. The molecule has 0 fully saturated rings. The quantitative estimate of drug-likeness (QED) is 0.526. The molecule has 0 heterocycles. The fourth-order valence-electron chi connectivity index (χ4n) is 5.31. The minimum absolute atomic E-state index is 0.639. The number of benzene rings is 2. The van der Waals surface area contributed by atoms with E-state index >= 15 is 0 Å². The Hall–Kier alpha value is -1.86. The lowest BCUT2D eigenvalue weighted by atomic mass is 10.1. The highest BCUT2D eigenvalue weighted by Gasteiger charge is 2.47. The lowest BCUT2D eigenvalue weighted by molar-refractivity contribution is 0.898. The molecule has 0 aliphatic heterocycles. The molecule has 0 nitrogen and oxygen atoms in total. The summed E-state index contributed by atoms with van der Waals surface area (Å²) in [5.41, 5.74) is 10.7. The van der Waals surface area contributed by atoms with E-state index in [0.29, 0.717) is 11.1 Å². The molecular weight excluding hydrogens is 316 g/mol. The molecule has 4 rings (SSSR count). The van der Waals surface area contributed by atoms with E-state index in [1.807, 2.05) is 0 Å². The second kappa shape index (κ2) is 6.14. The van der Waals surface area contributed by atoms with Crippen LogP contribution >= 0.6 is 0 Å². The third kappa shape index (κ3) is 2.48. The lowest BCUT2D eigenvalue weighted by Gasteiger charge is -2.40. The third-order valence-corrected chi connectivity index (χ3v) is 10.7. The summed E-state index contributed by atoms with van der Waals surface area (Å²) in [5, 5.41) is 0. The molecular formula is C24H28Si. The first kappa shape index (κ1) is 16.6. The molecule has 25 heavy (non-hydrogen) atoms. The number of fused-ring (bicyclic) bond motifs is 2. The highest BCUT2D eigenvalue weighted by atomic mass is 28.3. The maximum Gasteiger partial charge on any atom is 0.0722 e. The Morgan fingerprint density at radius 1 is 0.680 bits per heavy atom. The highest BCUT2D eigenvalue weighted by molar-refractivity contribution is 6.81. The topological polar surface area (TPSA) is 0 Å². The molecule has 2 aromatic carbocycles. The van der Waals surface area contributed by atoms with Crippen LogP contribution < -0.4 is 0 Å². The second-order valence-electron chi connectivity index (χ2n) is 8.09. The van der Waals surface area contributed by atoms with Crippen molar-refractivity contribution in [3.63, 3.8) is 0 Å². The lowest BCUT2D eigenvalue weighted by Crippen LogP contribution is -2.42. The Morgan fingerprint density at radius 2 is 1.08 bits per heavy atom. The molecule has 0 aromatic heterocycles. The summed E-state index contributed by atoms with van der Waals surface area (Å²) in [7, 11) is -1.64. The van der Waals surface area contributed by atoms with E-state index in [2.05, 4.69) is 87.6 Å². The van der Waals surface area contributed by atoms with Crippen LogP contribution in [0.25, 0.3) is 12.2 Å². The van der Waals surface area contributed by atoms with Crippen LogP contribution in [0.4, 0.5) is 0 Å². The van der Waals surface area contributed by atoms with Crippen LogP contribution in [0.3, 0.4) is 0 Å². The Balaban J connectivity index is 1.85. The maximum atomic E-state index is 2.62. The minimum atomic E-state index is -1.64. The standard InChI is InChI=1S/C24H28Si/c1-5-17-15-19-11-7-9-13-21(19)23(17)25(3,4)24-18(6-2)16-20-12-8-10-14-22(20)24/h7-16,23-24H,5-6H2,1-4H3. The Kier molecular flexibility index (Phi) is 4.08. The summed E-state index contributed by atoms with van der Waals surface area (Å²) in [6.07, 6.45) is 7.28. The molecule has 2 aliphatic carbocycles. The minimum Gasteiger partial charge on any atom is -0.0679 e. The van der Waals surface area contributed by atoms with Crippen molar-refractivity contribution in [2.24, 2.45) is 0 Å². The first-order chi connectivity index (χ1) is 12.1. The van der Waals surface area contributed by atoms with E-state index in [1.54, 1.807) is 22.3 Å². The molecule has 0 amide bonds. The monoisotopic (exact) mass is 344 g/mol. The van der Waals surface area contributed by atoms with Gasteiger partial charge in [0.2, 0.25) is 0 Å². The summed E-state index contributed by atoms with van der Waals surface area (Å²) < 4.78 is 0. The van der Waals surface area contributed by atoms with E-state index in [0.717, 1.165) is 12.8 Å². The summed E-state index contributed by atoms with van der Waals surface area (Å²) in [5.74, 6) is 0. The molecule has 0 N–H and O–H groups in total. The van der Waals surface area contributed by atoms with E-state index in [1.165, 1.54) is 11.1 Å². The average Bonchev–Trinajstić information content (AvgIpc) is 3.20. The van der Waals surface area contributed by atoms with E-state index in [-0.39, 0.29) is 0 Å². The van der Waals surface area contributed by atoms with Crippen LogP contribution in [0.15, 0.2) is 59.7 Å². The molecule has 2 atom stereocenters. The number of hydrogen-bond donors (Lipinski definition) is 0. The van der Waals surface area contributed by atoms with Gasteiger partial charge >= 0.3 is 0 Å². The van der Waals surface area contributed by atoms with Gasteiger partial charge in [-0.15, -0.1) is 0 Å². The van der Waals surface area contributed by atoms with Gasteiger partial charge in [-0.1, -0.05) is 98.8 Å². The summed E-state index contributed by atoms with van der Waals surface area (Å²) in [6, 6.07) is 18.2. The van der Waals surface area contributed by atoms with Crippen molar-refractivity contribution in [2.75, 3.05) is 0 Å². The van der Waals surface area contributed by atoms with Crippen molar-refractivity contribution in [3.05, 3.63) is 81.9 Å². The van der Waals surface area contributed by atoms with Crippen molar-refractivity contribution in [2.45, 2.75) is 50.9 Å². The zero-order valence-electron chi connectivity index (χ0n) is 15.8. The first-order valence-electron chi connectivity index (χ1n) is 9.66. The van der Waals surface area contributed by atoms with Crippen molar-refractivity contribution in [3.8, 4) is 0 Å². The van der Waals surface area contributed by atoms with Crippen LogP contribution in [0.1, 0.15) is 60.0 Å². The van der Waals surface area contributed by atoms with Gasteiger partial charge in [-0.2, -0.15) is 0 Å². The van der Waals surface area contributed by atoms with Crippen LogP contribution in [0.5, 0.6) is 0 Å². The summed E-state index contributed by atoms with van der Waals surface area (Å²) >= 11 is 0. The van der Waals surface area contributed by atoms with Gasteiger partial charge in [-0.25, -0.2) is 0 Å². The van der Waals surface area contributed by atoms with Crippen LogP contribution in [-0.4, -0.2) is 8.07 Å². The van der Waals surface area contributed by atoms with Crippen LogP contribution in [0, 0.1) is 0 Å². The van der Waals surface area contributed by atoms with Gasteiger partial charge in [0, 0.05) is 11.1 Å². The molecule has 2 aliphatic rings. The van der Waals surface area contributed by atoms with E-state index in [4.69, 9.17) is 0 Å². The number of allylic oxidation sites excluding steroid dienone is 2. The molecule has 2 aromatic rings. The number of rotatable bonds is 4. The summed E-state index contributed by atoms with van der Waals surface area (Å²) in [4.78, 5) is 0.